The van der Waals surface area contributed by atoms with Gasteiger partial charge in [-0.3, -0.25) is 9.59 Å². The molecule has 1 aromatic rings. The van der Waals surface area contributed by atoms with Crippen LogP contribution in [0.1, 0.15) is 49.9 Å². The van der Waals surface area contributed by atoms with E-state index >= 15 is 0 Å². The molecule has 27 heavy (non-hydrogen) atoms. The Bertz CT molecular complexity index is 760. The lowest BCUT2D eigenvalue weighted by Crippen LogP contribution is -2.49. The predicted molar refractivity (Wildman–Crippen MR) is 104 cm³/mol. The molecule has 1 heterocycles. The normalized spacial score (nSPS) is 17.8. The van der Waals surface area contributed by atoms with E-state index in [0.717, 1.165) is 19.3 Å². The van der Waals surface area contributed by atoms with Gasteiger partial charge >= 0.3 is 0 Å². The standard InChI is InChI=1S/C19H29N3O4S/c1-14(2)27(25,26)17-8-6-15(7-9-17)19(24)22-12-4-3-5-16(22)13-21-18(23)10-11-20/h6-9,14,16H,3-5,10-13,20H2,1-2H3,(H,21,23). The fourth-order valence-corrected chi connectivity index (χ4v) is 4.22. The fourth-order valence-electron chi connectivity index (χ4n) is 3.16. The molecule has 0 saturated carbocycles. The first kappa shape index (κ1) is 21.4. The molecule has 3 N–H and O–H groups in total. The predicted octanol–water partition coefficient (Wildman–Crippen LogP) is 1.33. The molecule has 0 spiro atoms. The van der Waals surface area contributed by atoms with Crippen molar-refractivity contribution < 1.29 is 18.0 Å². The van der Waals surface area contributed by atoms with Crippen molar-refractivity contribution in [3.8, 4) is 0 Å². The quantitative estimate of drug-likeness (QED) is 0.724. The summed E-state index contributed by atoms with van der Waals surface area (Å²) in [6.07, 6.45) is 3.02. The monoisotopic (exact) mass is 395 g/mol. The van der Waals surface area contributed by atoms with E-state index in [-0.39, 0.29) is 29.2 Å². The molecule has 1 fully saturated rings. The number of rotatable bonds is 7. The van der Waals surface area contributed by atoms with Gasteiger partial charge in [-0.2, -0.15) is 0 Å². The number of benzene rings is 1. The van der Waals surface area contributed by atoms with Crippen molar-refractivity contribution in [1.82, 2.24) is 10.2 Å². The van der Waals surface area contributed by atoms with Gasteiger partial charge in [0.1, 0.15) is 0 Å². The minimum absolute atomic E-state index is 0.0629. The van der Waals surface area contributed by atoms with E-state index < -0.39 is 15.1 Å². The van der Waals surface area contributed by atoms with E-state index in [1.165, 1.54) is 12.1 Å². The first-order valence-electron chi connectivity index (χ1n) is 9.39. The van der Waals surface area contributed by atoms with Gasteiger partial charge in [-0.05, 0) is 57.4 Å². The van der Waals surface area contributed by atoms with Crippen LogP contribution in [0.25, 0.3) is 0 Å². The molecule has 1 unspecified atom stereocenters. The molecule has 1 saturated heterocycles. The zero-order chi connectivity index (χ0) is 20.0. The van der Waals surface area contributed by atoms with E-state index in [1.807, 2.05) is 0 Å². The minimum atomic E-state index is -3.36. The lowest BCUT2D eigenvalue weighted by Gasteiger charge is -2.36. The molecular weight excluding hydrogens is 366 g/mol. The van der Waals surface area contributed by atoms with E-state index in [2.05, 4.69) is 5.32 Å². The molecule has 1 aliphatic rings. The summed E-state index contributed by atoms with van der Waals surface area (Å²) in [5.41, 5.74) is 5.84. The molecule has 7 nitrogen and oxygen atoms in total. The Morgan fingerprint density at radius 1 is 1.22 bits per heavy atom. The van der Waals surface area contributed by atoms with Gasteiger partial charge in [0.15, 0.2) is 9.84 Å². The van der Waals surface area contributed by atoms with E-state index in [0.29, 0.717) is 25.2 Å². The number of carbonyl (C=O) groups is 2. The van der Waals surface area contributed by atoms with Crippen molar-refractivity contribution in [1.29, 1.82) is 0 Å². The fraction of sp³-hybridized carbons (Fsp3) is 0.579. The maximum atomic E-state index is 12.9. The zero-order valence-electron chi connectivity index (χ0n) is 16.0. The van der Waals surface area contributed by atoms with Crippen LogP contribution in [-0.2, 0) is 14.6 Å². The average Bonchev–Trinajstić information content (AvgIpc) is 2.66. The summed E-state index contributed by atoms with van der Waals surface area (Å²) < 4.78 is 24.4. The van der Waals surface area contributed by atoms with Crippen molar-refractivity contribution in [3.63, 3.8) is 0 Å². The zero-order valence-corrected chi connectivity index (χ0v) is 16.8. The number of piperidine rings is 1. The van der Waals surface area contributed by atoms with Gasteiger partial charge in [0, 0.05) is 37.7 Å². The number of sulfone groups is 1. The molecule has 2 rings (SSSR count). The van der Waals surface area contributed by atoms with Crippen molar-refractivity contribution in [3.05, 3.63) is 29.8 Å². The number of hydrogen-bond acceptors (Lipinski definition) is 5. The van der Waals surface area contributed by atoms with Crippen molar-refractivity contribution in [2.75, 3.05) is 19.6 Å². The second kappa shape index (κ2) is 9.32. The summed E-state index contributed by atoms with van der Waals surface area (Å²) in [6.45, 7) is 4.59. The second-order valence-electron chi connectivity index (χ2n) is 7.11. The van der Waals surface area contributed by atoms with Crippen LogP contribution < -0.4 is 11.1 Å². The highest BCUT2D eigenvalue weighted by Gasteiger charge is 2.28. The number of carbonyl (C=O) groups excluding carboxylic acids is 2. The number of nitrogens with two attached hydrogens (primary N) is 1. The van der Waals surface area contributed by atoms with Crippen molar-refractivity contribution in [2.45, 2.75) is 55.7 Å². The smallest absolute Gasteiger partial charge is 0.254 e. The third kappa shape index (κ3) is 5.29. The van der Waals surface area contributed by atoms with Gasteiger partial charge in [-0.25, -0.2) is 8.42 Å². The Hall–Kier alpha value is -1.93. The molecule has 150 valence electrons. The van der Waals surface area contributed by atoms with Gasteiger partial charge in [-0.15, -0.1) is 0 Å². The molecule has 8 heteroatoms. The highest BCUT2D eigenvalue weighted by molar-refractivity contribution is 7.92. The van der Waals surface area contributed by atoms with Gasteiger partial charge in [0.25, 0.3) is 5.91 Å². The van der Waals surface area contributed by atoms with Gasteiger partial charge in [0.05, 0.1) is 10.1 Å². The molecule has 1 aromatic carbocycles. The largest absolute Gasteiger partial charge is 0.354 e. The highest BCUT2D eigenvalue weighted by Crippen LogP contribution is 2.21. The molecule has 1 aliphatic heterocycles. The van der Waals surface area contributed by atoms with E-state index in [1.54, 1.807) is 30.9 Å². The van der Waals surface area contributed by atoms with Crippen molar-refractivity contribution in [2.24, 2.45) is 5.73 Å². The van der Waals surface area contributed by atoms with Crippen LogP contribution in [0.15, 0.2) is 29.2 Å². The molecule has 0 radical (unpaired) electrons. The summed E-state index contributed by atoms with van der Waals surface area (Å²) in [5.74, 6) is -0.250. The molecular formula is C19H29N3O4S. The Labute approximate surface area is 161 Å². The summed E-state index contributed by atoms with van der Waals surface area (Å²) in [5, 5.41) is 2.33. The van der Waals surface area contributed by atoms with Crippen LogP contribution >= 0.6 is 0 Å². The van der Waals surface area contributed by atoms with Gasteiger partial charge < -0.3 is 16.0 Å². The first-order valence-corrected chi connectivity index (χ1v) is 10.9. The van der Waals surface area contributed by atoms with Crippen LogP contribution in [-0.4, -0.2) is 56.1 Å². The molecule has 0 aliphatic carbocycles. The summed E-state index contributed by atoms with van der Waals surface area (Å²) in [4.78, 5) is 26.6. The first-order chi connectivity index (χ1) is 12.8. The third-order valence-electron chi connectivity index (χ3n) is 4.84. The number of likely N-dealkylation sites (tertiary alicyclic amines) is 1. The lowest BCUT2D eigenvalue weighted by molar-refractivity contribution is -0.121. The molecule has 2 amide bonds. The van der Waals surface area contributed by atoms with Gasteiger partial charge in [0.2, 0.25) is 5.91 Å². The molecule has 0 bridgehead atoms. The van der Waals surface area contributed by atoms with E-state index in [4.69, 9.17) is 5.73 Å². The maximum Gasteiger partial charge on any atom is 0.254 e. The molecule has 0 aromatic heterocycles. The van der Waals surface area contributed by atoms with Crippen LogP contribution in [0.3, 0.4) is 0 Å². The number of nitrogens with zero attached hydrogens (tertiary/aromatic N) is 1. The Balaban J connectivity index is 2.10. The number of hydrogen-bond donors (Lipinski definition) is 2. The number of nitrogens with one attached hydrogen (secondary N) is 1. The lowest BCUT2D eigenvalue weighted by atomic mass is 10.0. The summed E-state index contributed by atoms with van der Waals surface area (Å²) >= 11 is 0. The van der Waals surface area contributed by atoms with Crippen LogP contribution in [0.5, 0.6) is 0 Å². The van der Waals surface area contributed by atoms with Crippen LogP contribution in [0, 0.1) is 0 Å². The average molecular weight is 396 g/mol. The maximum absolute atomic E-state index is 12.9. The minimum Gasteiger partial charge on any atom is -0.354 e. The third-order valence-corrected chi connectivity index (χ3v) is 7.02. The molecule has 1 atom stereocenters. The van der Waals surface area contributed by atoms with Crippen LogP contribution in [0.4, 0.5) is 0 Å². The second-order valence-corrected chi connectivity index (χ2v) is 9.61. The topological polar surface area (TPSA) is 110 Å². The Morgan fingerprint density at radius 3 is 2.48 bits per heavy atom. The van der Waals surface area contributed by atoms with Crippen molar-refractivity contribution >= 4 is 21.7 Å². The van der Waals surface area contributed by atoms with E-state index in [9.17, 15) is 18.0 Å². The van der Waals surface area contributed by atoms with Crippen LogP contribution in [0.2, 0.25) is 0 Å². The van der Waals surface area contributed by atoms with Gasteiger partial charge in [-0.1, -0.05) is 0 Å². The highest BCUT2D eigenvalue weighted by atomic mass is 32.2. The summed E-state index contributed by atoms with van der Waals surface area (Å²) in [7, 11) is -3.36. The summed E-state index contributed by atoms with van der Waals surface area (Å²) in [6, 6.07) is 6.05. The Kier molecular flexibility index (Phi) is 7.38. The number of amides is 2. The SMILES string of the molecule is CC(C)S(=O)(=O)c1ccc(C(=O)N2CCCCC2CNC(=O)CCN)cc1. The Morgan fingerprint density at radius 2 is 1.89 bits per heavy atom.